The van der Waals surface area contributed by atoms with Gasteiger partial charge in [-0.3, -0.25) is 9.00 Å². The number of anilines is 1. The van der Waals surface area contributed by atoms with Crippen LogP contribution >= 0.6 is 11.6 Å². The molecule has 0 saturated heterocycles. The lowest BCUT2D eigenvalue weighted by Crippen LogP contribution is -2.35. The van der Waals surface area contributed by atoms with Crippen molar-refractivity contribution in [1.29, 1.82) is 0 Å². The smallest absolute Gasteiger partial charge is 0.235 e. The van der Waals surface area contributed by atoms with Crippen LogP contribution in [0.15, 0.2) is 23.1 Å². The summed E-state index contributed by atoms with van der Waals surface area (Å²) in [7, 11) is -1.48. The quantitative estimate of drug-likeness (QED) is 0.819. The van der Waals surface area contributed by atoms with Crippen LogP contribution in [0.2, 0.25) is 5.02 Å². The Labute approximate surface area is 108 Å². The minimum absolute atomic E-state index is 0.250. The van der Waals surface area contributed by atoms with Gasteiger partial charge in [-0.25, -0.2) is 0 Å². The van der Waals surface area contributed by atoms with Crippen molar-refractivity contribution in [3.05, 3.63) is 23.2 Å². The number of nitrogens with two attached hydrogens (primary N) is 1. The van der Waals surface area contributed by atoms with Crippen molar-refractivity contribution in [3.63, 3.8) is 0 Å². The minimum atomic E-state index is -1.48. The lowest BCUT2D eigenvalue weighted by molar-refractivity contribution is -0.120. The van der Waals surface area contributed by atoms with Gasteiger partial charge in [0.1, 0.15) is 5.25 Å². The molecule has 0 heterocycles. The molecular weight excluding hydrogens is 260 g/mol. The number of hydrogen-bond acceptors (Lipinski definition) is 3. The summed E-state index contributed by atoms with van der Waals surface area (Å²) in [6.07, 6.45) is 0. The molecule has 6 heteroatoms. The zero-order chi connectivity index (χ0) is 13.0. The summed E-state index contributed by atoms with van der Waals surface area (Å²) in [5.41, 5.74) is 6.06. The molecule has 0 fully saturated rings. The number of nitrogen functional groups attached to an aromatic ring is 1. The molecule has 1 aromatic rings. The third kappa shape index (κ3) is 3.44. The van der Waals surface area contributed by atoms with E-state index in [4.69, 9.17) is 17.3 Å². The summed E-state index contributed by atoms with van der Waals surface area (Å²) >= 11 is 5.76. The molecule has 0 bridgehead atoms. The van der Waals surface area contributed by atoms with E-state index >= 15 is 0 Å². The van der Waals surface area contributed by atoms with Crippen molar-refractivity contribution in [3.8, 4) is 0 Å². The van der Waals surface area contributed by atoms with Crippen LogP contribution in [0.5, 0.6) is 0 Å². The molecule has 1 aromatic carbocycles. The Morgan fingerprint density at radius 1 is 1.59 bits per heavy atom. The fourth-order valence-corrected chi connectivity index (χ4v) is 2.64. The molecule has 0 aliphatic carbocycles. The van der Waals surface area contributed by atoms with Crippen molar-refractivity contribution in [2.45, 2.75) is 24.0 Å². The number of carbonyl (C=O) groups excluding carboxylic acids is 1. The zero-order valence-electron chi connectivity index (χ0n) is 9.70. The molecule has 4 nitrogen and oxygen atoms in total. The van der Waals surface area contributed by atoms with Crippen molar-refractivity contribution in [2.24, 2.45) is 0 Å². The summed E-state index contributed by atoms with van der Waals surface area (Å²) in [4.78, 5) is 12.0. The minimum Gasteiger partial charge on any atom is -0.398 e. The van der Waals surface area contributed by atoms with Crippen LogP contribution in [0.1, 0.15) is 13.8 Å². The fourth-order valence-electron chi connectivity index (χ4n) is 1.31. The van der Waals surface area contributed by atoms with Gasteiger partial charge >= 0.3 is 0 Å². The first kappa shape index (κ1) is 14.0. The Bertz CT molecular complexity index is 451. The van der Waals surface area contributed by atoms with Crippen molar-refractivity contribution in [2.75, 3.05) is 12.3 Å². The lowest BCUT2D eigenvalue weighted by atomic mass is 10.3. The highest BCUT2D eigenvalue weighted by atomic mass is 35.5. The topological polar surface area (TPSA) is 72.2 Å². The van der Waals surface area contributed by atoms with Gasteiger partial charge in [-0.15, -0.1) is 0 Å². The molecular formula is C11H15ClN2O2S. The Balaban J connectivity index is 2.92. The second-order valence-corrected chi connectivity index (χ2v) is 5.69. The monoisotopic (exact) mass is 274 g/mol. The molecule has 0 aliphatic heterocycles. The van der Waals surface area contributed by atoms with Crippen LogP contribution < -0.4 is 11.1 Å². The molecule has 1 amide bonds. The molecule has 3 N–H and O–H groups in total. The maximum absolute atomic E-state index is 12.1. The van der Waals surface area contributed by atoms with E-state index in [-0.39, 0.29) is 5.91 Å². The van der Waals surface area contributed by atoms with E-state index in [1.54, 1.807) is 19.1 Å². The van der Waals surface area contributed by atoms with Gasteiger partial charge in [0, 0.05) is 17.3 Å². The predicted octanol–water partition coefficient (Wildman–Crippen LogP) is 1.55. The van der Waals surface area contributed by atoms with E-state index in [1.807, 2.05) is 6.92 Å². The van der Waals surface area contributed by atoms with E-state index in [1.165, 1.54) is 6.07 Å². The highest BCUT2D eigenvalue weighted by molar-refractivity contribution is 7.86. The van der Waals surface area contributed by atoms with Gasteiger partial charge in [0.2, 0.25) is 5.91 Å². The van der Waals surface area contributed by atoms with Crippen LogP contribution in [0.4, 0.5) is 5.69 Å². The second-order valence-electron chi connectivity index (χ2n) is 3.52. The first-order valence-corrected chi connectivity index (χ1v) is 6.79. The van der Waals surface area contributed by atoms with Crippen LogP contribution in [0.3, 0.4) is 0 Å². The van der Waals surface area contributed by atoms with Gasteiger partial charge in [0.05, 0.1) is 15.7 Å². The molecule has 0 aromatic heterocycles. The third-order valence-electron chi connectivity index (χ3n) is 2.23. The Hall–Kier alpha value is -1.07. The number of carbonyl (C=O) groups is 1. The molecule has 2 unspecified atom stereocenters. The summed E-state index contributed by atoms with van der Waals surface area (Å²) in [6.45, 7) is 3.93. The zero-order valence-corrected chi connectivity index (χ0v) is 11.3. The SMILES string of the molecule is CCNC(=O)C(C)S(=O)c1ccc(Cl)cc1N. The Kier molecular flexibility index (Phi) is 4.96. The fraction of sp³-hybridized carbons (Fsp3) is 0.364. The van der Waals surface area contributed by atoms with Gasteiger partial charge in [-0.2, -0.15) is 0 Å². The van der Waals surface area contributed by atoms with Crippen molar-refractivity contribution < 1.29 is 9.00 Å². The van der Waals surface area contributed by atoms with Gasteiger partial charge < -0.3 is 11.1 Å². The molecule has 94 valence electrons. The summed E-state index contributed by atoms with van der Waals surface area (Å²) in [5.74, 6) is -0.250. The van der Waals surface area contributed by atoms with E-state index in [0.29, 0.717) is 22.2 Å². The highest BCUT2D eigenvalue weighted by Crippen LogP contribution is 2.23. The number of amides is 1. The summed E-state index contributed by atoms with van der Waals surface area (Å²) < 4.78 is 12.1. The molecule has 0 aliphatic rings. The van der Waals surface area contributed by atoms with E-state index in [2.05, 4.69) is 5.32 Å². The van der Waals surface area contributed by atoms with Crippen molar-refractivity contribution in [1.82, 2.24) is 5.32 Å². The van der Waals surface area contributed by atoms with Crippen LogP contribution in [0, 0.1) is 0 Å². The van der Waals surface area contributed by atoms with E-state index in [0.717, 1.165) is 0 Å². The van der Waals surface area contributed by atoms with E-state index < -0.39 is 16.0 Å². The molecule has 0 spiro atoms. The number of nitrogens with one attached hydrogen (secondary N) is 1. The van der Waals surface area contributed by atoms with Gasteiger partial charge in [-0.1, -0.05) is 11.6 Å². The van der Waals surface area contributed by atoms with Crippen LogP contribution in [-0.4, -0.2) is 21.9 Å². The maximum atomic E-state index is 12.1. The standard InChI is InChI=1S/C11H15ClN2O2S/c1-3-14-11(15)7(2)17(16)10-5-4-8(12)6-9(10)13/h4-7H,3,13H2,1-2H3,(H,14,15). The highest BCUT2D eigenvalue weighted by Gasteiger charge is 2.22. The normalized spacial score (nSPS) is 14.1. The molecule has 2 atom stereocenters. The van der Waals surface area contributed by atoms with Crippen molar-refractivity contribution >= 4 is 34.0 Å². The van der Waals surface area contributed by atoms with Gasteiger partial charge in [0.25, 0.3) is 0 Å². The maximum Gasteiger partial charge on any atom is 0.235 e. The molecule has 0 saturated carbocycles. The average Bonchev–Trinajstić information content (AvgIpc) is 2.27. The summed E-state index contributed by atoms with van der Waals surface area (Å²) in [6, 6.07) is 4.72. The Morgan fingerprint density at radius 2 is 2.24 bits per heavy atom. The molecule has 1 rings (SSSR count). The van der Waals surface area contributed by atoms with Crippen LogP contribution in [0.25, 0.3) is 0 Å². The van der Waals surface area contributed by atoms with Gasteiger partial charge in [0.15, 0.2) is 0 Å². The number of halogens is 1. The third-order valence-corrected chi connectivity index (χ3v) is 4.13. The molecule has 0 radical (unpaired) electrons. The first-order valence-electron chi connectivity index (χ1n) is 5.20. The van der Waals surface area contributed by atoms with E-state index in [9.17, 15) is 9.00 Å². The first-order chi connectivity index (χ1) is 7.97. The average molecular weight is 275 g/mol. The Morgan fingerprint density at radius 3 is 2.76 bits per heavy atom. The lowest BCUT2D eigenvalue weighted by Gasteiger charge is -2.12. The summed E-state index contributed by atoms with van der Waals surface area (Å²) in [5, 5.41) is 2.47. The predicted molar refractivity (Wildman–Crippen MR) is 70.4 cm³/mol. The second kappa shape index (κ2) is 6.02. The number of hydrogen-bond donors (Lipinski definition) is 2. The number of rotatable bonds is 4. The molecule has 17 heavy (non-hydrogen) atoms. The number of benzene rings is 1. The largest absolute Gasteiger partial charge is 0.398 e. The van der Waals surface area contributed by atoms with Crippen LogP contribution in [-0.2, 0) is 15.6 Å². The van der Waals surface area contributed by atoms with Gasteiger partial charge in [-0.05, 0) is 32.0 Å².